The van der Waals surface area contributed by atoms with Gasteiger partial charge in [-0.05, 0) is 25.5 Å². The van der Waals surface area contributed by atoms with Crippen LogP contribution in [0.2, 0.25) is 0 Å². The van der Waals surface area contributed by atoms with E-state index in [-0.39, 0.29) is 0 Å². The molecular formula is C11H17NOS. The summed E-state index contributed by atoms with van der Waals surface area (Å²) < 4.78 is 5.26. The molecule has 1 rings (SSSR count). The van der Waals surface area contributed by atoms with Crippen molar-refractivity contribution in [1.29, 1.82) is 0 Å². The lowest BCUT2D eigenvalue weighted by atomic mass is 10.2. The third kappa shape index (κ3) is 3.24. The highest BCUT2D eigenvalue weighted by Crippen LogP contribution is 2.26. The number of hydrogen-bond donors (Lipinski definition) is 1. The van der Waals surface area contributed by atoms with Gasteiger partial charge >= 0.3 is 0 Å². The van der Waals surface area contributed by atoms with Gasteiger partial charge in [-0.25, -0.2) is 0 Å². The number of benzene rings is 1. The van der Waals surface area contributed by atoms with Crippen LogP contribution in [0.5, 0.6) is 0 Å². The molecule has 1 aromatic carbocycles. The minimum atomic E-state index is 0.782. The van der Waals surface area contributed by atoms with Gasteiger partial charge in [0, 0.05) is 22.9 Å². The van der Waals surface area contributed by atoms with Crippen molar-refractivity contribution >= 4 is 17.4 Å². The van der Waals surface area contributed by atoms with Crippen LogP contribution in [0.15, 0.2) is 23.1 Å². The Morgan fingerprint density at radius 1 is 1.43 bits per heavy atom. The van der Waals surface area contributed by atoms with Crippen molar-refractivity contribution in [3.8, 4) is 0 Å². The van der Waals surface area contributed by atoms with Crippen LogP contribution in [0.4, 0.5) is 5.69 Å². The molecule has 2 N–H and O–H groups in total. The highest BCUT2D eigenvalue weighted by atomic mass is 32.2. The Bertz CT molecular complexity index is 289. The molecule has 0 atom stereocenters. The summed E-state index contributed by atoms with van der Waals surface area (Å²) in [7, 11) is 0. The molecule has 0 amide bonds. The monoisotopic (exact) mass is 211 g/mol. The van der Waals surface area contributed by atoms with Gasteiger partial charge in [0.25, 0.3) is 0 Å². The number of hydrogen-bond acceptors (Lipinski definition) is 3. The first-order chi connectivity index (χ1) is 6.75. The van der Waals surface area contributed by atoms with Crippen LogP contribution in [0.1, 0.15) is 12.5 Å². The van der Waals surface area contributed by atoms with Crippen molar-refractivity contribution < 1.29 is 4.74 Å². The van der Waals surface area contributed by atoms with Gasteiger partial charge in [-0.3, -0.25) is 0 Å². The lowest BCUT2D eigenvalue weighted by molar-refractivity contribution is 0.164. The summed E-state index contributed by atoms with van der Waals surface area (Å²) in [6.07, 6.45) is 0. The maximum atomic E-state index is 5.94. The second-order valence-electron chi connectivity index (χ2n) is 3.03. The molecule has 0 bridgehead atoms. The topological polar surface area (TPSA) is 35.2 Å². The molecule has 2 nitrogen and oxygen atoms in total. The predicted octanol–water partition coefficient (Wildman–Crippen LogP) is 2.71. The van der Waals surface area contributed by atoms with E-state index in [1.165, 1.54) is 0 Å². The first kappa shape index (κ1) is 11.4. The summed E-state index contributed by atoms with van der Waals surface area (Å²) in [5.74, 6) is 0.960. The number of aryl methyl sites for hydroxylation is 1. The lowest BCUT2D eigenvalue weighted by Gasteiger charge is -2.07. The van der Waals surface area contributed by atoms with Crippen molar-refractivity contribution in [3.05, 3.63) is 23.8 Å². The van der Waals surface area contributed by atoms with Crippen LogP contribution in [0.25, 0.3) is 0 Å². The van der Waals surface area contributed by atoms with E-state index in [0.29, 0.717) is 0 Å². The molecule has 3 heteroatoms. The Hall–Kier alpha value is -0.670. The van der Waals surface area contributed by atoms with Gasteiger partial charge in [0.05, 0.1) is 6.61 Å². The number of ether oxygens (including phenoxy) is 1. The van der Waals surface area contributed by atoms with Gasteiger partial charge in [0.1, 0.15) is 0 Å². The van der Waals surface area contributed by atoms with Crippen LogP contribution in [-0.2, 0) is 4.74 Å². The Labute approximate surface area is 89.8 Å². The average molecular weight is 211 g/mol. The van der Waals surface area contributed by atoms with Crippen LogP contribution < -0.4 is 5.73 Å². The summed E-state index contributed by atoms with van der Waals surface area (Å²) in [4.78, 5) is 1.16. The van der Waals surface area contributed by atoms with E-state index in [9.17, 15) is 0 Å². The van der Waals surface area contributed by atoms with Gasteiger partial charge < -0.3 is 10.5 Å². The fourth-order valence-electron chi connectivity index (χ4n) is 1.13. The fourth-order valence-corrected chi connectivity index (χ4v) is 2.05. The van der Waals surface area contributed by atoms with Crippen LogP contribution in [-0.4, -0.2) is 19.0 Å². The molecule has 14 heavy (non-hydrogen) atoms. The second kappa shape index (κ2) is 5.94. The molecule has 1 aromatic rings. The number of rotatable bonds is 5. The first-order valence-corrected chi connectivity index (χ1v) is 5.80. The zero-order valence-electron chi connectivity index (χ0n) is 8.75. The Kier molecular flexibility index (Phi) is 4.84. The zero-order valence-corrected chi connectivity index (χ0v) is 9.56. The molecule has 0 unspecified atom stereocenters. The molecule has 0 fully saturated rings. The van der Waals surface area contributed by atoms with Crippen LogP contribution >= 0.6 is 11.8 Å². The summed E-state index contributed by atoms with van der Waals surface area (Å²) in [5, 5.41) is 0. The first-order valence-electron chi connectivity index (χ1n) is 4.81. The summed E-state index contributed by atoms with van der Waals surface area (Å²) in [6.45, 7) is 5.60. The normalized spacial score (nSPS) is 10.4. The summed E-state index contributed by atoms with van der Waals surface area (Å²) in [5.41, 5.74) is 7.98. The van der Waals surface area contributed by atoms with Crippen LogP contribution in [0, 0.1) is 6.92 Å². The molecule has 0 aliphatic carbocycles. The number of anilines is 1. The maximum absolute atomic E-state index is 5.94. The van der Waals surface area contributed by atoms with Crippen molar-refractivity contribution in [3.63, 3.8) is 0 Å². The number of nitrogen functional groups attached to an aromatic ring is 1. The van der Waals surface area contributed by atoms with Crippen molar-refractivity contribution in [1.82, 2.24) is 0 Å². The van der Waals surface area contributed by atoms with Crippen molar-refractivity contribution in [2.75, 3.05) is 24.7 Å². The zero-order chi connectivity index (χ0) is 10.4. The SMILES string of the molecule is CCOCCSc1cccc(C)c1N. The Balaban J connectivity index is 2.46. The predicted molar refractivity (Wildman–Crippen MR) is 62.8 cm³/mol. The van der Waals surface area contributed by atoms with E-state index in [4.69, 9.17) is 10.5 Å². The maximum Gasteiger partial charge on any atom is 0.0560 e. The molecule has 0 aromatic heterocycles. The van der Waals surface area contributed by atoms with E-state index in [1.807, 2.05) is 26.0 Å². The molecule has 0 saturated carbocycles. The molecule has 0 saturated heterocycles. The minimum Gasteiger partial charge on any atom is -0.398 e. The molecule has 78 valence electrons. The quantitative estimate of drug-likeness (QED) is 0.462. The smallest absolute Gasteiger partial charge is 0.0560 e. The Morgan fingerprint density at radius 2 is 2.21 bits per heavy atom. The molecular weight excluding hydrogens is 194 g/mol. The van der Waals surface area contributed by atoms with Gasteiger partial charge in [0.15, 0.2) is 0 Å². The van der Waals surface area contributed by atoms with E-state index < -0.39 is 0 Å². The standard InChI is InChI=1S/C11H17NOS/c1-3-13-7-8-14-10-6-4-5-9(2)11(10)12/h4-6H,3,7-8,12H2,1-2H3. The van der Waals surface area contributed by atoms with Gasteiger partial charge in [0.2, 0.25) is 0 Å². The fraction of sp³-hybridized carbons (Fsp3) is 0.455. The Morgan fingerprint density at radius 3 is 2.93 bits per heavy atom. The molecule has 0 aliphatic heterocycles. The molecule has 0 heterocycles. The van der Waals surface area contributed by atoms with Gasteiger partial charge in [-0.15, -0.1) is 11.8 Å². The lowest BCUT2D eigenvalue weighted by Crippen LogP contribution is -1.97. The number of nitrogens with two attached hydrogens (primary N) is 1. The van der Waals surface area contributed by atoms with Crippen molar-refractivity contribution in [2.45, 2.75) is 18.7 Å². The van der Waals surface area contributed by atoms with Gasteiger partial charge in [-0.1, -0.05) is 12.1 Å². The van der Waals surface area contributed by atoms with Crippen LogP contribution in [0.3, 0.4) is 0 Å². The van der Waals surface area contributed by atoms with E-state index in [1.54, 1.807) is 11.8 Å². The average Bonchev–Trinajstić information content (AvgIpc) is 2.19. The summed E-state index contributed by atoms with van der Waals surface area (Å²) >= 11 is 1.75. The molecule has 0 radical (unpaired) electrons. The molecule has 0 aliphatic rings. The van der Waals surface area contributed by atoms with E-state index in [2.05, 4.69) is 6.07 Å². The second-order valence-corrected chi connectivity index (χ2v) is 4.17. The summed E-state index contributed by atoms with van der Waals surface area (Å²) in [6, 6.07) is 6.12. The van der Waals surface area contributed by atoms with Crippen molar-refractivity contribution in [2.24, 2.45) is 0 Å². The highest BCUT2D eigenvalue weighted by molar-refractivity contribution is 7.99. The van der Waals surface area contributed by atoms with E-state index >= 15 is 0 Å². The third-order valence-electron chi connectivity index (χ3n) is 1.97. The minimum absolute atomic E-state index is 0.782. The largest absolute Gasteiger partial charge is 0.398 e. The number of para-hydroxylation sites is 1. The molecule has 0 spiro atoms. The van der Waals surface area contributed by atoms with E-state index in [0.717, 1.165) is 35.1 Å². The number of thioether (sulfide) groups is 1. The highest BCUT2D eigenvalue weighted by Gasteiger charge is 2.01. The third-order valence-corrected chi connectivity index (χ3v) is 3.01. The van der Waals surface area contributed by atoms with Gasteiger partial charge in [-0.2, -0.15) is 0 Å².